The second-order valence-corrected chi connectivity index (χ2v) is 5.43. The SMILES string of the molecule is CCC(C)NCCNC1CCN(C2CC2)C1. The van der Waals surface area contributed by atoms with Gasteiger partial charge in [0.2, 0.25) is 0 Å². The zero-order chi connectivity index (χ0) is 11.4. The number of hydrogen-bond donors (Lipinski definition) is 2. The summed E-state index contributed by atoms with van der Waals surface area (Å²) in [5.41, 5.74) is 0. The molecule has 1 aliphatic carbocycles. The van der Waals surface area contributed by atoms with E-state index in [0.29, 0.717) is 6.04 Å². The zero-order valence-corrected chi connectivity index (χ0v) is 10.8. The molecule has 0 amide bonds. The summed E-state index contributed by atoms with van der Waals surface area (Å²) in [6, 6.07) is 2.36. The van der Waals surface area contributed by atoms with E-state index in [2.05, 4.69) is 29.4 Å². The van der Waals surface area contributed by atoms with Crippen LogP contribution >= 0.6 is 0 Å². The maximum absolute atomic E-state index is 3.67. The lowest BCUT2D eigenvalue weighted by Crippen LogP contribution is -2.39. The summed E-state index contributed by atoms with van der Waals surface area (Å²) in [6.07, 6.45) is 5.46. The molecule has 0 bridgehead atoms. The second-order valence-electron chi connectivity index (χ2n) is 5.43. The van der Waals surface area contributed by atoms with Gasteiger partial charge in [0.1, 0.15) is 0 Å². The first-order valence-electron chi connectivity index (χ1n) is 7.00. The quantitative estimate of drug-likeness (QED) is 0.638. The molecule has 1 aliphatic heterocycles. The van der Waals surface area contributed by atoms with Gasteiger partial charge in [0.15, 0.2) is 0 Å². The van der Waals surface area contributed by atoms with Crippen molar-refractivity contribution in [3.8, 4) is 0 Å². The molecule has 1 saturated heterocycles. The van der Waals surface area contributed by atoms with Crippen molar-refractivity contribution in [2.75, 3.05) is 26.2 Å². The molecule has 0 aromatic rings. The minimum Gasteiger partial charge on any atom is -0.313 e. The van der Waals surface area contributed by atoms with Crippen LogP contribution in [0.3, 0.4) is 0 Å². The third-order valence-corrected chi connectivity index (χ3v) is 3.95. The highest BCUT2D eigenvalue weighted by Crippen LogP contribution is 2.29. The Labute approximate surface area is 100.0 Å². The van der Waals surface area contributed by atoms with E-state index in [9.17, 15) is 0 Å². The van der Waals surface area contributed by atoms with E-state index >= 15 is 0 Å². The fraction of sp³-hybridized carbons (Fsp3) is 1.00. The van der Waals surface area contributed by atoms with Crippen LogP contribution in [-0.4, -0.2) is 49.2 Å². The summed E-state index contributed by atoms with van der Waals surface area (Å²) in [4.78, 5) is 2.67. The van der Waals surface area contributed by atoms with Crippen LogP contribution in [0.25, 0.3) is 0 Å². The molecule has 0 spiro atoms. The molecule has 3 heteroatoms. The Morgan fingerprint density at radius 2 is 2.06 bits per heavy atom. The second kappa shape index (κ2) is 5.99. The molecule has 0 aromatic heterocycles. The first kappa shape index (κ1) is 12.3. The van der Waals surface area contributed by atoms with Gasteiger partial charge in [-0.25, -0.2) is 0 Å². The molecule has 2 aliphatic rings. The number of hydrogen-bond acceptors (Lipinski definition) is 3. The average molecular weight is 225 g/mol. The summed E-state index contributed by atoms with van der Waals surface area (Å²) < 4.78 is 0. The van der Waals surface area contributed by atoms with Crippen molar-refractivity contribution < 1.29 is 0 Å². The summed E-state index contributed by atoms with van der Waals surface area (Å²) in [6.45, 7) is 9.32. The van der Waals surface area contributed by atoms with Gasteiger partial charge in [0.25, 0.3) is 0 Å². The zero-order valence-electron chi connectivity index (χ0n) is 10.8. The Morgan fingerprint density at radius 1 is 1.25 bits per heavy atom. The summed E-state index contributed by atoms with van der Waals surface area (Å²) >= 11 is 0. The van der Waals surface area contributed by atoms with E-state index in [1.807, 2.05) is 0 Å². The van der Waals surface area contributed by atoms with Gasteiger partial charge in [0, 0.05) is 44.3 Å². The smallest absolute Gasteiger partial charge is 0.0207 e. The highest BCUT2D eigenvalue weighted by molar-refractivity contribution is 4.91. The van der Waals surface area contributed by atoms with Gasteiger partial charge in [-0.1, -0.05) is 6.92 Å². The third-order valence-electron chi connectivity index (χ3n) is 3.95. The van der Waals surface area contributed by atoms with Gasteiger partial charge in [-0.3, -0.25) is 4.90 Å². The van der Waals surface area contributed by atoms with Crippen molar-refractivity contribution in [1.29, 1.82) is 0 Å². The molecule has 94 valence electrons. The minimum atomic E-state index is 0.661. The number of nitrogens with one attached hydrogen (secondary N) is 2. The van der Waals surface area contributed by atoms with Crippen molar-refractivity contribution >= 4 is 0 Å². The molecule has 0 aromatic carbocycles. The molecular weight excluding hydrogens is 198 g/mol. The maximum Gasteiger partial charge on any atom is 0.0207 e. The van der Waals surface area contributed by atoms with Gasteiger partial charge in [-0.2, -0.15) is 0 Å². The first-order valence-corrected chi connectivity index (χ1v) is 7.00. The van der Waals surface area contributed by atoms with Gasteiger partial charge in [0.05, 0.1) is 0 Å². The Balaban J connectivity index is 1.50. The predicted octanol–water partition coefficient (Wildman–Crippen LogP) is 1.20. The topological polar surface area (TPSA) is 27.3 Å². The van der Waals surface area contributed by atoms with Crippen LogP contribution in [0.5, 0.6) is 0 Å². The maximum atomic E-state index is 3.67. The molecule has 2 atom stereocenters. The van der Waals surface area contributed by atoms with Crippen LogP contribution in [0.1, 0.15) is 39.5 Å². The average Bonchev–Trinajstić information content (AvgIpc) is 3.05. The molecule has 2 N–H and O–H groups in total. The highest BCUT2D eigenvalue weighted by Gasteiger charge is 2.33. The van der Waals surface area contributed by atoms with Crippen LogP contribution in [0, 0.1) is 0 Å². The summed E-state index contributed by atoms with van der Waals surface area (Å²) in [7, 11) is 0. The normalized spacial score (nSPS) is 28.5. The fourth-order valence-corrected chi connectivity index (χ4v) is 2.46. The number of nitrogens with zero attached hydrogens (tertiary/aromatic N) is 1. The van der Waals surface area contributed by atoms with E-state index in [1.165, 1.54) is 38.8 Å². The molecule has 1 saturated carbocycles. The lowest BCUT2D eigenvalue weighted by atomic mass is 10.2. The van der Waals surface area contributed by atoms with E-state index < -0.39 is 0 Å². The molecule has 2 unspecified atom stereocenters. The van der Waals surface area contributed by atoms with Gasteiger partial charge in [-0.15, -0.1) is 0 Å². The van der Waals surface area contributed by atoms with Crippen LogP contribution in [0.4, 0.5) is 0 Å². The third kappa shape index (κ3) is 3.72. The lowest BCUT2D eigenvalue weighted by Gasteiger charge is -2.17. The van der Waals surface area contributed by atoms with E-state index in [0.717, 1.165) is 25.2 Å². The minimum absolute atomic E-state index is 0.661. The predicted molar refractivity (Wildman–Crippen MR) is 68.8 cm³/mol. The van der Waals surface area contributed by atoms with Crippen LogP contribution in [-0.2, 0) is 0 Å². The van der Waals surface area contributed by atoms with Crippen molar-refractivity contribution in [3.05, 3.63) is 0 Å². The van der Waals surface area contributed by atoms with Crippen molar-refractivity contribution in [2.45, 2.75) is 57.7 Å². The first-order chi connectivity index (χ1) is 7.79. The summed E-state index contributed by atoms with van der Waals surface area (Å²) in [5, 5.41) is 7.20. The monoisotopic (exact) mass is 225 g/mol. The fourth-order valence-electron chi connectivity index (χ4n) is 2.46. The van der Waals surface area contributed by atoms with E-state index in [-0.39, 0.29) is 0 Å². The molecular formula is C13H27N3. The number of likely N-dealkylation sites (tertiary alicyclic amines) is 1. The van der Waals surface area contributed by atoms with Crippen molar-refractivity contribution in [1.82, 2.24) is 15.5 Å². The van der Waals surface area contributed by atoms with Gasteiger partial charge < -0.3 is 10.6 Å². The van der Waals surface area contributed by atoms with E-state index in [4.69, 9.17) is 0 Å². The van der Waals surface area contributed by atoms with Crippen LogP contribution < -0.4 is 10.6 Å². The molecule has 0 radical (unpaired) electrons. The van der Waals surface area contributed by atoms with E-state index in [1.54, 1.807) is 0 Å². The van der Waals surface area contributed by atoms with Crippen molar-refractivity contribution in [3.63, 3.8) is 0 Å². The molecule has 1 heterocycles. The standard InChI is InChI=1S/C13H27N3/c1-3-11(2)14-7-8-15-12-6-9-16(10-12)13-4-5-13/h11-15H,3-10H2,1-2H3. The number of rotatable bonds is 7. The Morgan fingerprint density at radius 3 is 2.75 bits per heavy atom. The van der Waals surface area contributed by atoms with Gasteiger partial charge >= 0.3 is 0 Å². The Hall–Kier alpha value is -0.120. The molecule has 2 rings (SSSR count). The molecule has 2 fully saturated rings. The van der Waals surface area contributed by atoms with Crippen molar-refractivity contribution in [2.24, 2.45) is 0 Å². The van der Waals surface area contributed by atoms with Gasteiger partial charge in [-0.05, 0) is 32.6 Å². The highest BCUT2D eigenvalue weighted by atomic mass is 15.2. The Bertz CT molecular complexity index is 203. The van der Waals surface area contributed by atoms with Crippen LogP contribution in [0.15, 0.2) is 0 Å². The largest absolute Gasteiger partial charge is 0.313 e. The van der Waals surface area contributed by atoms with Crippen LogP contribution in [0.2, 0.25) is 0 Å². The Kier molecular flexibility index (Phi) is 4.62. The molecule has 16 heavy (non-hydrogen) atoms. The summed E-state index contributed by atoms with van der Waals surface area (Å²) in [5.74, 6) is 0. The molecule has 3 nitrogen and oxygen atoms in total. The lowest BCUT2D eigenvalue weighted by molar-refractivity contribution is 0.317.